The van der Waals surface area contributed by atoms with E-state index in [1.807, 2.05) is 0 Å². The van der Waals surface area contributed by atoms with E-state index in [1.165, 1.54) is 0 Å². The normalized spacial score (nSPS) is 0. The Balaban J connectivity index is 0. The third-order valence-electron chi connectivity index (χ3n) is 0. The van der Waals surface area contributed by atoms with E-state index in [0.717, 1.165) is 0 Å². The largest absolute Gasteiger partial charge is 0.187 e. The van der Waals surface area contributed by atoms with E-state index in [4.69, 9.17) is 0 Å². The Labute approximate surface area is 67.0 Å². The van der Waals surface area contributed by atoms with Crippen molar-refractivity contribution in [2.45, 2.75) is 7.43 Å². The average molecular weight is 190 g/mol. The summed E-state index contributed by atoms with van der Waals surface area (Å²) in [7, 11) is 0. The van der Waals surface area contributed by atoms with Crippen molar-refractivity contribution in [3.05, 3.63) is 0 Å². The molecular weight excluding hydrogens is 183 g/mol. The summed E-state index contributed by atoms with van der Waals surface area (Å²) in [6, 6.07) is 0. The van der Waals surface area contributed by atoms with E-state index in [-0.39, 0.29) is 67.6 Å². The first-order valence-corrected chi connectivity index (χ1v) is 0. The molecule has 0 N–H and O–H groups in total. The first-order valence-electron chi connectivity index (χ1n) is 0. The number of hydrogen-bond acceptors (Lipinski definition) is 0. The van der Waals surface area contributed by atoms with Crippen LogP contribution in [0.2, 0.25) is 0 Å². The molecule has 0 radical (unpaired) electrons. The summed E-state index contributed by atoms with van der Waals surface area (Å²) in [4.78, 5) is 0. The van der Waals surface area contributed by atoms with Crippen LogP contribution in [0, 0.1) is 0 Å². The van der Waals surface area contributed by atoms with Gasteiger partial charge < -0.3 is 0 Å². The maximum Gasteiger partial charge on any atom is 0.187 e. The molecular formula is CH7AlMoTi. The van der Waals surface area contributed by atoms with Crippen LogP contribution in [-0.2, 0) is 42.8 Å². The standard InChI is InChI=1S/CH4.Al.Mo.Ti.3H/h1H4;;;;;;. The fourth-order valence-electron chi connectivity index (χ4n) is 0. The topological polar surface area (TPSA) is 0 Å². The second-order valence-corrected chi connectivity index (χ2v) is 0. The molecule has 0 fully saturated rings. The Morgan fingerprint density at radius 3 is 1.00 bits per heavy atom. The van der Waals surface area contributed by atoms with Gasteiger partial charge in [-0.3, -0.25) is 0 Å². The summed E-state index contributed by atoms with van der Waals surface area (Å²) in [6.07, 6.45) is 0. The second-order valence-electron chi connectivity index (χ2n) is 0. The van der Waals surface area contributed by atoms with Crippen LogP contribution in [0.5, 0.6) is 0 Å². The molecule has 0 spiro atoms. The molecule has 0 unspecified atom stereocenters. The molecule has 0 nitrogen and oxygen atoms in total. The van der Waals surface area contributed by atoms with Gasteiger partial charge in [0.15, 0.2) is 17.4 Å². The second kappa shape index (κ2) is 20.4. The molecule has 0 amide bonds. The average Bonchev–Trinajstić information content (AvgIpc) is 0. The molecule has 0 rings (SSSR count). The smallest absolute Gasteiger partial charge is 0.0776 e. The van der Waals surface area contributed by atoms with Crippen molar-refractivity contribution in [3.8, 4) is 0 Å². The van der Waals surface area contributed by atoms with Crippen molar-refractivity contribution in [1.82, 2.24) is 0 Å². The SMILES string of the molecule is C.[AlH3].[Mo].[Ti]. The monoisotopic (exact) mass is 192 g/mol. The fourth-order valence-corrected chi connectivity index (χ4v) is 0. The molecule has 0 heterocycles. The summed E-state index contributed by atoms with van der Waals surface area (Å²) in [6.45, 7) is 0. The van der Waals surface area contributed by atoms with Gasteiger partial charge in [0, 0.05) is 42.8 Å². The third-order valence-corrected chi connectivity index (χ3v) is 0. The van der Waals surface area contributed by atoms with E-state index in [9.17, 15) is 0 Å². The number of hydrogen-bond donors (Lipinski definition) is 0. The Kier molecular flexibility index (Phi) is 197. The van der Waals surface area contributed by atoms with E-state index in [0.29, 0.717) is 0 Å². The van der Waals surface area contributed by atoms with Crippen molar-refractivity contribution >= 4 is 17.4 Å². The van der Waals surface area contributed by atoms with Crippen LogP contribution in [0.1, 0.15) is 7.43 Å². The predicted octanol–water partition coefficient (Wildman–Crippen LogP) is -0.553. The number of rotatable bonds is 0. The zero-order valence-corrected chi connectivity index (χ0v) is 4.48. The van der Waals surface area contributed by atoms with E-state index < -0.39 is 0 Å². The Bertz CT molecular complexity index is 8.00. The molecule has 0 aliphatic heterocycles. The van der Waals surface area contributed by atoms with E-state index >= 15 is 0 Å². The maximum atomic E-state index is 0. The summed E-state index contributed by atoms with van der Waals surface area (Å²) in [5.41, 5.74) is 0. The van der Waals surface area contributed by atoms with Crippen molar-refractivity contribution in [3.63, 3.8) is 0 Å². The van der Waals surface area contributed by atoms with Gasteiger partial charge in [-0.1, -0.05) is 7.43 Å². The van der Waals surface area contributed by atoms with Crippen molar-refractivity contribution < 1.29 is 42.8 Å². The maximum absolute atomic E-state index is 0. The molecule has 0 saturated carbocycles. The van der Waals surface area contributed by atoms with Crippen LogP contribution < -0.4 is 0 Å². The van der Waals surface area contributed by atoms with Gasteiger partial charge >= 0.3 is 0 Å². The first kappa shape index (κ1) is 38.6. The van der Waals surface area contributed by atoms with Gasteiger partial charge in [0.05, 0.1) is 0 Å². The molecule has 0 aromatic carbocycles. The van der Waals surface area contributed by atoms with E-state index in [1.54, 1.807) is 0 Å². The van der Waals surface area contributed by atoms with Gasteiger partial charge in [-0.15, -0.1) is 0 Å². The molecule has 3 heteroatoms. The minimum atomic E-state index is 0. The molecule has 0 bridgehead atoms. The predicted molar refractivity (Wildman–Crippen MR) is 16.7 cm³/mol. The van der Waals surface area contributed by atoms with Crippen LogP contribution in [-0.4, -0.2) is 17.4 Å². The van der Waals surface area contributed by atoms with Gasteiger partial charge in [0.1, 0.15) is 0 Å². The van der Waals surface area contributed by atoms with Gasteiger partial charge in [-0.05, 0) is 0 Å². The summed E-state index contributed by atoms with van der Waals surface area (Å²) >= 11 is 0. The third kappa shape index (κ3) is 9.05. The Morgan fingerprint density at radius 1 is 1.00 bits per heavy atom. The molecule has 0 aliphatic rings. The van der Waals surface area contributed by atoms with Crippen LogP contribution in [0.15, 0.2) is 0 Å². The summed E-state index contributed by atoms with van der Waals surface area (Å²) < 4.78 is 0. The molecule has 4 heavy (non-hydrogen) atoms. The van der Waals surface area contributed by atoms with Gasteiger partial charge in [-0.2, -0.15) is 0 Å². The summed E-state index contributed by atoms with van der Waals surface area (Å²) in [5.74, 6) is 0. The minimum absolute atomic E-state index is 0. The van der Waals surface area contributed by atoms with E-state index in [2.05, 4.69) is 0 Å². The molecule has 0 saturated heterocycles. The molecule has 0 aromatic heterocycles. The Hall–Kier alpha value is 1.94. The van der Waals surface area contributed by atoms with Gasteiger partial charge in [0.2, 0.25) is 0 Å². The quantitative estimate of drug-likeness (QED) is 0.449. The minimum Gasteiger partial charge on any atom is -0.0776 e. The fraction of sp³-hybridized carbons (Fsp3) is 1.00. The van der Waals surface area contributed by atoms with Crippen LogP contribution in [0.3, 0.4) is 0 Å². The summed E-state index contributed by atoms with van der Waals surface area (Å²) in [5, 5.41) is 0. The van der Waals surface area contributed by atoms with Gasteiger partial charge in [0.25, 0.3) is 0 Å². The first-order chi connectivity index (χ1) is 0. The molecule has 0 aliphatic carbocycles. The Morgan fingerprint density at radius 2 is 1.00 bits per heavy atom. The van der Waals surface area contributed by atoms with Crippen molar-refractivity contribution in [1.29, 1.82) is 0 Å². The molecule has 0 aromatic rings. The van der Waals surface area contributed by atoms with Crippen molar-refractivity contribution in [2.24, 2.45) is 0 Å². The van der Waals surface area contributed by atoms with Gasteiger partial charge in [-0.25, -0.2) is 0 Å². The zero-order valence-electron chi connectivity index (χ0n) is 0.908. The molecule has 0 atom stereocenters. The van der Waals surface area contributed by atoms with Crippen LogP contribution in [0.25, 0.3) is 0 Å². The van der Waals surface area contributed by atoms with Crippen LogP contribution >= 0.6 is 0 Å². The zero-order chi connectivity index (χ0) is 0. The van der Waals surface area contributed by atoms with Crippen molar-refractivity contribution in [2.75, 3.05) is 0 Å². The molecule has 24 valence electrons. The van der Waals surface area contributed by atoms with Crippen LogP contribution in [0.4, 0.5) is 0 Å².